The standard InChI is InChI=1S/C22H16F2N4O2S/c23-15-6-4-13(5-7-15)8-9-26-19-12-25-11-17(27-19)16-3-1-2-14(20(16)24)10-18-21(29)28-22(30)31-18/h1-7,10-12H,8-9H2,(H,26,27)(H,28,29,30). The van der Waals surface area contributed by atoms with Gasteiger partial charge in [-0.3, -0.25) is 19.9 Å². The summed E-state index contributed by atoms with van der Waals surface area (Å²) in [5.41, 5.74) is 1.68. The van der Waals surface area contributed by atoms with E-state index < -0.39 is 17.0 Å². The lowest BCUT2D eigenvalue weighted by Crippen LogP contribution is -2.17. The molecule has 9 heteroatoms. The number of nitrogens with one attached hydrogen (secondary N) is 2. The zero-order chi connectivity index (χ0) is 21.8. The Morgan fingerprint density at radius 3 is 2.61 bits per heavy atom. The lowest BCUT2D eigenvalue weighted by Gasteiger charge is -2.09. The van der Waals surface area contributed by atoms with Gasteiger partial charge < -0.3 is 5.32 Å². The van der Waals surface area contributed by atoms with E-state index in [0.29, 0.717) is 24.5 Å². The van der Waals surface area contributed by atoms with E-state index in [0.717, 1.165) is 17.3 Å². The zero-order valence-corrected chi connectivity index (χ0v) is 16.9. The first-order valence-corrected chi connectivity index (χ1v) is 10.2. The summed E-state index contributed by atoms with van der Waals surface area (Å²) < 4.78 is 28.1. The van der Waals surface area contributed by atoms with Crippen molar-refractivity contribution in [3.8, 4) is 11.3 Å². The summed E-state index contributed by atoms with van der Waals surface area (Å²) in [6.07, 6.45) is 4.97. The van der Waals surface area contributed by atoms with Crippen LogP contribution in [0.3, 0.4) is 0 Å². The Kier molecular flexibility index (Phi) is 6.03. The third kappa shape index (κ3) is 4.95. The number of amides is 2. The van der Waals surface area contributed by atoms with Crippen LogP contribution in [0, 0.1) is 11.6 Å². The molecule has 0 bridgehead atoms. The first kappa shape index (κ1) is 20.7. The zero-order valence-electron chi connectivity index (χ0n) is 16.1. The molecule has 1 fully saturated rings. The number of carbonyl (C=O) groups excluding carboxylic acids is 2. The number of thioether (sulfide) groups is 1. The molecule has 156 valence electrons. The Hall–Kier alpha value is -3.59. The van der Waals surface area contributed by atoms with Gasteiger partial charge in [0, 0.05) is 17.7 Å². The number of benzene rings is 2. The minimum atomic E-state index is -0.569. The molecule has 0 spiro atoms. The smallest absolute Gasteiger partial charge is 0.290 e. The minimum Gasteiger partial charge on any atom is -0.368 e. The third-order valence-corrected chi connectivity index (χ3v) is 5.31. The van der Waals surface area contributed by atoms with Gasteiger partial charge in [-0.25, -0.2) is 13.8 Å². The molecular formula is C22H16F2N4O2S. The lowest BCUT2D eigenvalue weighted by molar-refractivity contribution is -0.115. The van der Waals surface area contributed by atoms with Crippen LogP contribution in [0.2, 0.25) is 0 Å². The van der Waals surface area contributed by atoms with Crippen LogP contribution < -0.4 is 10.6 Å². The molecule has 0 aliphatic carbocycles. The summed E-state index contributed by atoms with van der Waals surface area (Å²) in [6, 6.07) is 11.0. The van der Waals surface area contributed by atoms with Crippen LogP contribution in [0.15, 0.2) is 59.8 Å². The molecule has 31 heavy (non-hydrogen) atoms. The van der Waals surface area contributed by atoms with Crippen molar-refractivity contribution in [2.75, 3.05) is 11.9 Å². The van der Waals surface area contributed by atoms with Crippen molar-refractivity contribution in [3.63, 3.8) is 0 Å². The van der Waals surface area contributed by atoms with Gasteiger partial charge in [-0.1, -0.05) is 24.3 Å². The Balaban J connectivity index is 1.51. The molecule has 0 atom stereocenters. The monoisotopic (exact) mass is 438 g/mol. The van der Waals surface area contributed by atoms with Crippen LogP contribution in [0.1, 0.15) is 11.1 Å². The first-order valence-electron chi connectivity index (χ1n) is 9.34. The van der Waals surface area contributed by atoms with Crippen molar-refractivity contribution in [2.45, 2.75) is 6.42 Å². The molecule has 2 N–H and O–H groups in total. The number of imide groups is 1. The van der Waals surface area contributed by atoms with Gasteiger partial charge in [0.15, 0.2) is 0 Å². The molecule has 1 saturated heterocycles. The van der Waals surface area contributed by atoms with E-state index in [-0.39, 0.29) is 21.8 Å². The van der Waals surface area contributed by atoms with Crippen molar-refractivity contribution < 1.29 is 18.4 Å². The van der Waals surface area contributed by atoms with Crippen LogP contribution in [0.4, 0.5) is 19.4 Å². The quantitative estimate of drug-likeness (QED) is 0.555. The Morgan fingerprint density at radius 2 is 1.87 bits per heavy atom. The predicted molar refractivity (Wildman–Crippen MR) is 115 cm³/mol. The fourth-order valence-electron chi connectivity index (χ4n) is 2.99. The fourth-order valence-corrected chi connectivity index (χ4v) is 3.66. The summed E-state index contributed by atoms with van der Waals surface area (Å²) in [4.78, 5) is 31.7. The summed E-state index contributed by atoms with van der Waals surface area (Å²) in [6.45, 7) is 0.540. The van der Waals surface area contributed by atoms with Gasteiger partial charge in [-0.2, -0.15) is 0 Å². The third-order valence-electron chi connectivity index (χ3n) is 4.50. The second-order valence-corrected chi connectivity index (χ2v) is 7.67. The second-order valence-electron chi connectivity index (χ2n) is 6.65. The van der Waals surface area contributed by atoms with Gasteiger partial charge in [0.2, 0.25) is 0 Å². The van der Waals surface area contributed by atoms with Gasteiger partial charge in [0.05, 0.1) is 23.0 Å². The molecule has 1 aliphatic rings. The number of halogens is 2. The fraction of sp³-hybridized carbons (Fsp3) is 0.0909. The molecule has 1 aromatic heterocycles. The molecule has 0 radical (unpaired) electrons. The Labute approximate surface area is 180 Å². The predicted octanol–water partition coefficient (Wildman–Crippen LogP) is 4.40. The highest BCUT2D eigenvalue weighted by molar-refractivity contribution is 8.18. The van der Waals surface area contributed by atoms with Crippen LogP contribution in [0.25, 0.3) is 17.3 Å². The van der Waals surface area contributed by atoms with Crippen molar-refractivity contribution in [1.82, 2.24) is 15.3 Å². The summed E-state index contributed by atoms with van der Waals surface area (Å²) in [5.74, 6) is -0.930. The second kappa shape index (κ2) is 9.05. The molecule has 6 nitrogen and oxygen atoms in total. The van der Waals surface area contributed by atoms with Gasteiger partial charge in [-0.15, -0.1) is 0 Å². The topological polar surface area (TPSA) is 84.0 Å². The Morgan fingerprint density at radius 1 is 1.06 bits per heavy atom. The molecule has 4 rings (SSSR count). The number of hydrogen-bond donors (Lipinski definition) is 2. The normalized spacial score (nSPS) is 14.7. The minimum absolute atomic E-state index is 0.128. The number of rotatable bonds is 6. The van der Waals surface area contributed by atoms with E-state index in [1.54, 1.807) is 24.3 Å². The molecule has 1 aliphatic heterocycles. The highest BCUT2D eigenvalue weighted by atomic mass is 32.2. The molecule has 0 saturated carbocycles. The molecule has 3 aromatic rings. The van der Waals surface area contributed by atoms with Crippen molar-refractivity contribution in [2.24, 2.45) is 0 Å². The van der Waals surface area contributed by atoms with Gasteiger partial charge in [0.25, 0.3) is 11.1 Å². The van der Waals surface area contributed by atoms with Gasteiger partial charge in [-0.05, 0) is 48.0 Å². The summed E-state index contributed by atoms with van der Waals surface area (Å²) >= 11 is 0.725. The lowest BCUT2D eigenvalue weighted by atomic mass is 10.1. The van der Waals surface area contributed by atoms with Crippen molar-refractivity contribution in [3.05, 3.63) is 82.5 Å². The van der Waals surface area contributed by atoms with Crippen LogP contribution in [0.5, 0.6) is 0 Å². The van der Waals surface area contributed by atoms with E-state index in [1.807, 2.05) is 0 Å². The molecule has 2 amide bonds. The van der Waals surface area contributed by atoms with E-state index in [4.69, 9.17) is 0 Å². The van der Waals surface area contributed by atoms with Crippen LogP contribution in [-0.4, -0.2) is 27.7 Å². The average Bonchev–Trinajstić information content (AvgIpc) is 3.08. The van der Waals surface area contributed by atoms with Crippen molar-refractivity contribution >= 4 is 34.8 Å². The highest BCUT2D eigenvalue weighted by Crippen LogP contribution is 2.29. The Bertz CT molecular complexity index is 1180. The van der Waals surface area contributed by atoms with Crippen molar-refractivity contribution in [1.29, 1.82) is 0 Å². The largest absolute Gasteiger partial charge is 0.368 e. The maximum absolute atomic E-state index is 15.1. The number of hydrogen-bond acceptors (Lipinski definition) is 6. The molecular weight excluding hydrogens is 422 g/mol. The maximum atomic E-state index is 15.1. The summed E-state index contributed by atoms with van der Waals surface area (Å²) in [7, 11) is 0. The molecule has 2 aromatic carbocycles. The first-order chi connectivity index (χ1) is 15.0. The highest BCUT2D eigenvalue weighted by Gasteiger charge is 2.25. The van der Waals surface area contributed by atoms with Crippen LogP contribution in [-0.2, 0) is 11.2 Å². The van der Waals surface area contributed by atoms with E-state index in [2.05, 4.69) is 20.6 Å². The van der Waals surface area contributed by atoms with Gasteiger partial charge in [0.1, 0.15) is 17.5 Å². The average molecular weight is 438 g/mol. The van der Waals surface area contributed by atoms with Crippen LogP contribution >= 0.6 is 11.8 Å². The maximum Gasteiger partial charge on any atom is 0.290 e. The SMILES string of the molecule is O=C1NC(=O)C(=Cc2cccc(-c3cncc(NCCc4ccc(F)cc4)n3)c2F)S1. The summed E-state index contributed by atoms with van der Waals surface area (Å²) in [5, 5.41) is 4.78. The molecule has 2 heterocycles. The van der Waals surface area contributed by atoms with E-state index >= 15 is 4.39 Å². The van der Waals surface area contributed by atoms with E-state index in [1.165, 1.54) is 36.7 Å². The number of nitrogens with zero attached hydrogens (tertiary/aromatic N) is 2. The number of aromatic nitrogens is 2. The van der Waals surface area contributed by atoms with E-state index in [9.17, 15) is 14.0 Å². The molecule has 0 unspecified atom stereocenters. The number of carbonyl (C=O) groups is 2. The van der Waals surface area contributed by atoms with Gasteiger partial charge >= 0.3 is 0 Å². The number of anilines is 1.